The van der Waals surface area contributed by atoms with Crippen molar-refractivity contribution in [2.45, 2.75) is 6.92 Å². The van der Waals surface area contributed by atoms with Crippen LogP contribution in [0.15, 0.2) is 22.7 Å². The smallest absolute Gasteiger partial charge is 0.361 e. The molecule has 0 unspecified atom stereocenters. The number of aromatic amines is 1. The number of hydrogen-bond donors (Lipinski definition) is 1. The maximum atomic E-state index is 13.4. The minimum Gasteiger partial charge on any atom is -0.461 e. The Labute approximate surface area is 110 Å². The molecule has 0 bridgehead atoms. The third-order valence-corrected chi connectivity index (χ3v) is 2.85. The van der Waals surface area contributed by atoms with E-state index in [0.717, 1.165) is 0 Å². The van der Waals surface area contributed by atoms with Gasteiger partial charge < -0.3 is 4.74 Å². The lowest BCUT2D eigenvalue weighted by Gasteiger charge is -2.02. The Kier molecular flexibility index (Phi) is 3.71. The summed E-state index contributed by atoms with van der Waals surface area (Å²) in [4.78, 5) is 11.6. The predicted molar refractivity (Wildman–Crippen MR) is 65.4 cm³/mol. The zero-order valence-corrected chi connectivity index (χ0v) is 11.0. The highest BCUT2D eigenvalue weighted by Crippen LogP contribution is 2.24. The molecule has 94 valence electrons. The van der Waals surface area contributed by atoms with Gasteiger partial charge in [-0.2, -0.15) is 10.3 Å². The van der Waals surface area contributed by atoms with Gasteiger partial charge in [0.1, 0.15) is 11.5 Å². The van der Waals surface area contributed by atoms with Gasteiger partial charge in [-0.25, -0.2) is 9.18 Å². The van der Waals surface area contributed by atoms with Crippen molar-refractivity contribution in [2.75, 3.05) is 6.61 Å². The van der Waals surface area contributed by atoms with Crippen molar-refractivity contribution in [1.29, 1.82) is 0 Å². The molecule has 0 saturated heterocycles. The van der Waals surface area contributed by atoms with E-state index in [0.29, 0.717) is 10.0 Å². The van der Waals surface area contributed by atoms with Crippen LogP contribution in [-0.2, 0) is 4.74 Å². The molecule has 1 heterocycles. The number of rotatable bonds is 3. The topological polar surface area (TPSA) is 67.9 Å². The molecular weight excluding hydrogens is 305 g/mol. The van der Waals surface area contributed by atoms with Crippen LogP contribution >= 0.6 is 15.9 Å². The Morgan fingerprint density at radius 3 is 2.94 bits per heavy atom. The van der Waals surface area contributed by atoms with E-state index in [1.54, 1.807) is 13.0 Å². The van der Waals surface area contributed by atoms with Crippen molar-refractivity contribution in [2.24, 2.45) is 0 Å². The molecule has 1 N–H and O–H groups in total. The summed E-state index contributed by atoms with van der Waals surface area (Å²) in [5, 5.41) is 9.90. The molecule has 7 heteroatoms. The first kappa shape index (κ1) is 12.7. The maximum Gasteiger partial charge on any atom is 0.361 e. The number of ether oxygens (including phenoxy) is 1. The average molecular weight is 314 g/mol. The molecule has 2 rings (SSSR count). The highest BCUT2D eigenvalue weighted by atomic mass is 79.9. The van der Waals surface area contributed by atoms with E-state index >= 15 is 0 Å². The lowest BCUT2D eigenvalue weighted by Crippen LogP contribution is -2.06. The molecule has 2 aromatic rings. The lowest BCUT2D eigenvalue weighted by molar-refractivity contribution is 0.0520. The van der Waals surface area contributed by atoms with Crippen LogP contribution in [-0.4, -0.2) is 28.0 Å². The van der Waals surface area contributed by atoms with Crippen LogP contribution in [0, 0.1) is 5.82 Å². The molecule has 0 aliphatic heterocycles. The van der Waals surface area contributed by atoms with Crippen molar-refractivity contribution in [3.63, 3.8) is 0 Å². The summed E-state index contributed by atoms with van der Waals surface area (Å²) in [5.41, 5.74) is 0.755. The monoisotopic (exact) mass is 313 g/mol. The molecule has 0 aliphatic carbocycles. The van der Waals surface area contributed by atoms with Gasteiger partial charge >= 0.3 is 5.97 Å². The number of hydrogen-bond acceptors (Lipinski definition) is 4. The zero-order chi connectivity index (χ0) is 13.1. The Balaban J connectivity index is 2.42. The third-order valence-electron chi connectivity index (χ3n) is 2.21. The third kappa shape index (κ3) is 2.40. The van der Waals surface area contributed by atoms with Gasteiger partial charge in [0.05, 0.1) is 11.1 Å². The van der Waals surface area contributed by atoms with Crippen LogP contribution in [0.1, 0.15) is 17.4 Å². The Hall–Kier alpha value is -1.76. The molecule has 0 amide bonds. The normalized spacial score (nSPS) is 10.4. The van der Waals surface area contributed by atoms with Crippen molar-refractivity contribution in [3.8, 4) is 11.3 Å². The van der Waals surface area contributed by atoms with Gasteiger partial charge in [-0.15, -0.1) is 5.10 Å². The summed E-state index contributed by atoms with van der Waals surface area (Å²) >= 11 is 3.05. The minimum atomic E-state index is -0.593. The zero-order valence-electron chi connectivity index (χ0n) is 9.41. The van der Waals surface area contributed by atoms with Crippen molar-refractivity contribution >= 4 is 21.9 Å². The number of H-pyrrole nitrogens is 1. The van der Waals surface area contributed by atoms with Gasteiger partial charge in [0.15, 0.2) is 5.69 Å². The first-order valence-corrected chi connectivity index (χ1v) is 5.96. The SMILES string of the molecule is CCOC(=O)c1n[nH]nc1-c1ccc(Br)c(F)c1. The van der Waals surface area contributed by atoms with Gasteiger partial charge in [0, 0.05) is 5.56 Å². The second-order valence-electron chi connectivity index (χ2n) is 3.37. The largest absolute Gasteiger partial charge is 0.461 e. The van der Waals surface area contributed by atoms with Gasteiger partial charge in [-0.3, -0.25) is 0 Å². The fourth-order valence-corrected chi connectivity index (χ4v) is 1.66. The second kappa shape index (κ2) is 5.26. The second-order valence-corrected chi connectivity index (χ2v) is 4.22. The van der Waals surface area contributed by atoms with Gasteiger partial charge in [0.2, 0.25) is 0 Å². The van der Waals surface area contributed by atoms with Crippen LogP contribution in [0.3, 0.4) is 0 Å². The Morgan fingerprint density at radius 1 is 1.50 bits per heavy atom. The Bertz CT molecular complexity index is 585. The van der Waals surface area contributed by atoms with Crippen LogP contribution in [0.5, 0.6) is 0 Å². The first-order valence-electron chi connectivity index (χ1n) is 5.16. The number of esters is 1. The van der Waals surface area contributed by atoms with Crippen LogP contribution in [0.2, 0.25) is 0 Å². The number of benzene rings is 1. The van der Waals surface area contributed by atoms with E-state index < -0.39 is 11.8 Å². The number of carbonyl (C=O) groups is 1. The summed E-state index contributed by atoms with van der Waals surface area (Å²) < 4.78 is 18.6. The molecule has 0 fully saturated rings. The molecule has 0 saturated carbocycles. The summed E-state index contributed by atoms with van der Waals surface area (Å²) in [6.07, 6.45) is 0. The summed E-state index contributed by atoms with van der Waals surface area (Å²) in [6.45, 7) is 1.93. The van der Waals surface area contributed by atoms with Gasteiger partial charge in [-0.05, 0) is 35.0 Å². The van der Waals surface area contributed by atoms with Crippen molar-refractivity contribution in [1.82, 2.24) is 15.4 Å². The highest BCUT2D eigenvalue weighted by Gasteiger charge is 2.19. The number of halogens is 2. The van der Waals surface area contributed by atoms with Gasteiger partial charge in [-0.1, -0.05) is 6.07 Å². The van der Waals surface area contributed by atoms with Gasteiger partial charge in [0.25, 0.3) is 0 Å². The molecule has 0 aliphatic rings. The minimum absolute atomic E-state index is 0.0403. The Morgan fingerprint density at radius 2 is 2.28 bits per heavy atom. The quantitative estimate of drug-likeness (QED) is 0.884. The molecule has 1 aromatic carbocycles. The molecular formula is C11H9BrFN3O2. The fourth-order valence-electron chi connectivity index (χ4n) is 1.42. The van der Waals surface area contributed by atoms with E-state index in [1.807, 2.05) is 0 Å². The number of carbonyl (C=O) groups excluding carboxylic acids is 1. The van der Waals surface area contributed by atoms with Crippen LogP contribution in [0.25, 0.3) is 11.3 Å². The number of nitrogens with one attached hydrogen (secondary N) is 1. The van der Waals surface area contributed by atoms with E-state index in [1.165, 1.54) is 12.1 Å². The van der Waals surface area contributed by atoms with Crippen LogP contribution in [0.4, 0.5) is 4.39 Å². The summed E-state index contributed by atoms with van der Waals surface area (Å²) in [5.74, 6) is -1.03. The number of nitrogens with zero attached hydrogens (tertiary/aromatic N) is 2. The number of aromatic nitrogens is 3. The molecule has 5 nitrogen and oxygen atoms in total. The predicted octanol–water partition coefficient (Wildman–Crippen LogP) is 2.55. The van der Waals surface area contributed by atoms with Crippen molar-refractivity contribution < 1.29 is 13.9 Å². The van der Waals surface area contributed by atoms with E-state index in [2.05, 4.69) is 31.3 Å². The molecule has 1 aromatic heterocycles. The fraction of sp³-hybridized carbons (Fsp3) is 0.182. The van der Waals surface area contributed by atoms with E-state index in [-0.39, 0.29) is 18.0 Å². The molecule has 0 atom stereocenters. The first-order chi connectivity index (χ1) is 8.63. The average Bonchev–Trinajstić information content (AvgIpc) is 2.82. The van der Waals surface area contributed by atoms with Crippen LogP contribution < -0.4 is 0 Å². The lowest BCUT2D eigenvalue weighted by atomic mass is 10.1. The standard InChI is InChI=1S/C11H9BrFN3O2/c1-2-18-11(17)10-9(14-16-15-10)6-3-4-7(12)8(13)5-6/h3-5H,2H2,1H3,(H,14,15,16). The molecule has 0 radical (unpaired) electrons. The molecule has 18 heavy (non-hydrogen) atoms. The van der Waals surface area contributed by atoms with E-state index in [4.69, 9.17) is 4.74 Å². The maximum absolute atomic E-state index is 13.4. The summed E-state index contributed by atoms with van der Waals surface area (Å²) in [6, 6.07) is 4.44. The van der Waals surface area contributed by atoms with Crippen molar-refractivity contribution in [3.05, 3.63) is 34.2 Å². The molecule has 0 spiro atoms. The van der Waals surface area contributed by atoms with E-state index in [9.17, 15) is 9.18 Å². The summed E-state index contributed by atoms with van der Waals surface area (Å²) in [7, 11) is 0. The highest BCUT2D eigenvalue weighted by molar-refractivity contribution is 9.10.